The van der Waals surface area contributed by atoms with Gasteiger partial charge in [0.1, 0.15) is 5.58 Å². The third-order valence-electron chi connectivity index (χ3n) is 5.24. The lowest BCUT2D eigenvalue weighted by Crippen LogP contribution is -2.37. The fraction of sp³-hybridized carbons (Fsp3) is 0.273. The van der Waals surface area contributed by atoms with Gasteiger partial charge in [-0.25, -0.2) is 0 Å². The molecule has 0 unspecified atom stereocenters. The molecule has 2 heterocycles. The second-order valence-corrected chi connectivity index (χ2v) is 7.01. The van der Waals surface area contributed by atoms with Gasteiger partial charge in [0.2, 0.25) is 0 Å². The first-order valence-electron chi connectivity index (χ1n) is 9.24. The van der Waals surface area contributed by atoms with Crippen LogP contribution in [0.4, 0.5) is 0 Å². The fourth-order valence-corrected chi connectivity index (χ4v) is 3.67. The first-order valence-corrected chi connectivity index (χ1v) is 9.24. The van der Waals surface area contributed by atoms with Gasteiger partial charge in [-0.15, -0.1) is 0 Å². The first kappa shape index (κ1) is 17.5. The summed E-state index contributed by atoms with van der Waals surface area (Å²) in [6.45, 7) is 3.88. The molecule has 138 valence electrons. The molecular weight excluding hydrogens is 340 g/mol. The number of fused-ring (bicyclic) bond motifs is 1. The standard InChI is InChI=1S/C22H22N2O3/c1-15(16-7-3-2-4-8-16)24-12-11-17(14-24)23-22(26)21-13-19(25)18-9-5-6-10-20(18)27-21/h2-10,13,15,17H,11-12,14H2,1H3,(H,23,26)/t15-,17-/m1/s1. The number of nitrogens with one attached hydrogen (secondary N) is 1. The minimum absolute atomic E-state index is 0.0421. The van der Waals surface area contributed by atoms with Crippen LogP contribution < -0.4 is 10.7 Å². The Balaban J connectivity index is 1.44. The molecule has 0 aliphatic carbocycles. The largest absolute Gasteiger partial charge is 0.451 e. The molecule has 1 saturated heterocycles. The second kappa shape index (κ2) is 7.37. The molecule has 1 fully saturated rings. The molecule has 0 bridgehead atoms. The third-order valence-corrected chi connectivity index (χ3v) is 5.24. The number of para-hydroxylation sites is 1. The highest BCUT2D eigenvalue weighted by Crippen LogP contribution is 2.24. The van der Waals surface area contributed by atoms with Crippen LogP contribution in [0.15, 0.2) is 69.9 Å². The van der Waals surface area contributed by atoms with E-state index in [1.807, 2.05) is 18.2 Å². The van der Waals surface area contributed by atoms with Crippen molar-refractivity contribution in [3.63, 3.8) is 0 Å². The molecule has 4 rings (SSSR count). The number of hydrogen-bond acceptors (Lipinski definition) is 4. The number of nitrogens with zero attached hydrogens (tertiary/aromatic N) is 1. The van der Waals surface area contributed by atoms with Crippen molar-refractivity contribution in [2.45, 2.75) is 25.4 Å². The zero-order valence-electron chi connectivity index (χ0n) is 15.2. The number of rotatable bonds is 4. The molecule has 5 nitrogen and oxygen atoms in total. The SMILES string of the molecule is C[C@H](c1ccccc1)N1CC[C@@H](NC(=O)c2cc(=O)c3ccccc3o2)C1. The second-order valence-electron chi connectivity index (χ2n) is 7.01. The number of amides is 1. The van der Waals surface area contributed by atoms with Gasteiger partial charge in [0.25, 0.3) is 5.91 Å². The Morgan fingerprint density at radius 3 is 2.70 bits per heavy atom. The molecule has 5 heteroatoms. The number of benzene rings is 2. The van der Waals surface area contributed by atoms with Gasteiger partial charge in [-0.3, -0.25) is 14.5 Å². The Hall–Kier alpha value is -2.92. The minimum Gasteiger partial charge on any atom is -0.451 e. The van der Waals surface area contributed by atoms with Crippen molar-refractivity contribution in [2.24, 2.45) is 0 Å². The zero-order chi connectivity index (χ0) is 18.8. The molecule has 0 radical (unpaired) electrons. The average Bonchev–Trinajstić information content (AvgIpc) is 3.16. The van der Waals surface area contributed by atoms with Crippen molar-refractivity contribution in [2.75, 3.05) is 13.1 Å². The van der Waals surface area contributed by atoms with Crippen molar-refractivity contribution >= 4 is 16.9 Å². The lowest BCUT2D eigenvalue weighted by molar-refractivity contribution is 0.0909. The van der Waals surface area contributed by atoms with Crippen LogP contribution in [-0.2, 0) is 0 Å². The van der Waals surface area contributed by atoms with Gasteiger partial charge in [-0.05, 0) is 31.0 Å². The van der Waals surface area contributed by atoms with Crippen LogP contribution in [0.5, 0.6) is 0 Å². The molecule has 1 N–H and O–H groups in total. The number of likely N-dealkylation sites (tertiary alicyclic amines) is 1. The van der Waals surface area contributed by atoms with E-state index in [0.29, 0.717) is 17.0 Å². The quantitative estimate of drug-likeness (QED) is 0.773. The summed E-state index contributed by atoms with van der Waals surface area (Å²) in [5.41, 5.74) is 1.50. The third kappa shape index (κ3) is 3.64. The normalized spacial score (nSPS) is 18.5. The number of carbonyl (C=O) groups is 1. The maximum atomic E-state index is 12.6. The molecule has 1 aromatic heterocycles. The van der Waals surface area contributed by atoms with Crippen LogP contribution >= 0.6 is 0 Å². The Bertz CT molecular complexity index is 1010. The lowest BCUT2D eigenvalue weighted by atomic mass is 10.1. The van der Waals surface area contributed by atoms with Crippen molar-refractivity contribution < 1.29 is 9.21 Å². The van der Waals surface area contributed by atoms with Crippen molar-refractivity contribution in [3.8, 4) is 0 Å². The van der Waals surface area contributed by atoms with Crippen LogP contribution in [-0.4, -0.2) is 29.9 Å². The molecule has 0 saturated carbocycles. The molecule has 1 aliphatic heterocycles. The van der Waals surface area contributed by atoms with E-state index in [0.717, 1.165) is 19.5 Å². The maximum Gasteiger partial charge on any atom is 0.287 e. The zero-order valence-corrected chi connectivity index (χ0v) is 15.2. The summed E-state index contributed by atoms with van der Waals surface area (Å²) < 4.78 is 5.63. The van der Waals surface area contributed by atoms with Crippen LogP contribution in [0.1, 0.15) is 35.5 Å². The topological polar surface area (TPSA) is 62.6 Å². The molecule has 2 atom stereocenters. The van der Waals surface area contributed by atoms with Gasteiger partial charge in [-0.2, -0.15) is 0 Å². The van der Waals surface area contributed by atoms with Gasteiger partial charge in [0.15, 0.2) is 11.2 Å². The van der Waals surface area contributed by atoms with Gasteiger partial charge < -0.3 is 9.73 Å². The van der Waals surface area contributed by atoms with E-state index >= 15 is 0 Å². The van der Waals surface area contributed by atoms with E-state index < -0.39 is 0 Å². The van der Waals surface area contributed by atoms with Gasteiger partial charge in [0.05, 0.1) is 5.39 Å². The highest BCUT2D eigenvalue weighted by atomic mass is 16.3. The van der Waals surface area contributed by atoms with E-state index in [9.17, 15) is 9.59 Å². The van der Waals surface area contributed by atoms with Crippen molar-refractivity contribution in [1.29, 1.82) is 0 Å². The monoisotopic (exact) mass is 362 g/mol. The van der Waals surface area contributed by atoms with E-state index in [-0.39, 0.29) is 23.1 Å². The highest BCUT2D eigenvalue weighted by Gasteiger charge is 2.28. The van der Waals surface area contributed by atoms with E-state index in [1.54, 1.807) is 24.3 Å². The Morgan fingerprint density at radius 1 is 1.15 bits per heavy atom. The van der Waals surface area contributed by atoms with E-state index in [2.05, 4.69) is 29.3 Å². The minimum atomic E-state index is -0.336. The molecule has 1 amide bonds. The summed E-state index contributed by atoms with van der Waals surface area (Å²) >= 11 is 0. The molecule has 3 aromatic rings. The molecule has 2 aromatic carbocycles. The predicted octanol–water partition coefficient (Wildman–Crippen LogP) is 3.36. The summed E-state index contributed by atoms with van der Waals surface area (Å²) in [6, 6.07) is 18.9. The number of hydrogen-bond donors (Lipinski definition) is 1. The molecule has 1 aliphatic rings. The van der Waals surface area contributed by atoms with Gasteiger partial charge in [0, 0.05) is 31.2 Å². The summed E-state index contributed by atoms with van der Waals surface area (Å²) in [6.07, 6.45) is 0.876. The van der Waals surface area contributed by atoms with Gasteiger partial charge >= 0.3 is 0 Å². The Labute approximate surface area is 157 Å². The van der Waals surface area contributed by atoms with Gasteiger partial charge in [-0.1, -0.05) is 42.5 Å². The smallest absolute Gasteiger partial charge is 0.287 e. The summed E-state index contributed by atoms with van der Waals surface area (Å²) in [5.74, 6) is -0.273. The maximum absolute atomic E-state index is 12.6. The predicted molar refractivity (Wildman–Crippen MR) is 105 cm³/mol. The summed E-state index contributed by atoms with van der Waals surface area (Å²) in [7, 11) is 0. The van der Waals surface area contributed by atoms with Crippen LogP contribution in [0.2, 0.25) is 0 Å². The van der Waals surface area contributed by atoms with Crippen molar-refractivity contribution in [1.82, 2.24) is 10.2 Å². The summed E-state index contributed by atoms with van der Waals surface area (Å²) in [4.78, 5) is 27.1. The average molecular weight is 362 g/mol. The summed E-state index contributed by atoms with van der Waals surface area (Å²) in [5, 5.41) is 3.49. The lowest BCUT2D eigenvalue weighted by Gasteiger charge is -2.24. The molecule has 0 spiro atoms. The van der Waals surface area contributed by atoms with E-state index in [4.69, 9.17) is 4.42 Å². The Kier molecular flexibility index (Phi) is 4.77. The Morgan fingerprint density at radius 2 is 1.89 bits per heavy atom. The fourth-order valence-electron chi connectivity index (χ4n) is 3.67. The van der Waals surface area contributed by atoms with Crippen LogP contribution in [0.25, 0.3) is 11.0 Å². The highest BCUT2D eigenvalue weighted by molar-refractivity contribution is 5.93. The van der Waals surface area contributed by atoms with E-state index in [1.165, 1.54) is 11.6 Å². The van der Waals surface area contributed by atoms with Crippen LogP contribution in [0, 0.1) is 0 Å². The molecular formula is C22H22N2O3. The first-order chi connectivity index (χ1) is 13.1. The number of carbonyl (C=O) groups excluding carboxylic acids is 1. The molecule has 27 heavy (non-hydrogen) atoms. The van der Waals surface area contributed by atoms with Crippen molar-refractivity contribution in [3.05, 3.63) is 82.2 Å². The van der Waals surface area contributed by atoms with Crippen LogP contribution in [0.3, 0.4) is 0 Å².